The molecule has 8 heteroatoms. The Kier molecular flexibility index (Phi) is 4.30. The summed E-state index contributed by atoms with van der Waals surface area (Å²) in [5, 5.41) is 8.98. The van der Waals surface area contributed by atoms with Crippen LogP contribution in [0.1, 0.15) is 5.56 Å². The lowest BCUT2D eigenvalue weighted by Crippen LogP contribution is -2.12. The smallest absolute Gasteiger partial charge is 0.271 e. The SMILES string of the molecule is N#Cc1ccc(Br)cc1NS(=O)(=O)c1ccc(Br)s1. The third-order valence-electron chi connectivity index (χ3n) is 2.16. The number of hydrogen-bond acceptors (Lipinski definition) is 4. The van der Waals surface area contributed by atoms with E-state index in [4.69, 9.17) is 5.26 Å². The first kappa shape index (κ1) is 14.5. The molecule has 1 heterocycles. The molecule has 4 nitrogen and oxygen atoms in total. The first-order valence-corrected chi connectivity index (χ1v) is 8.79. The molecule has 0 amide bonds. The fourth-order valence-corrected chi connectivity index (χ4v) is 4.78. The van der Waals surface area contributed by atoms with Crippen molar-refractivity contribution in [1.82, 2.24) is 0 Å². The van der Waals surface area contributed by atoms with Gasteiger partial charge in [-0.1, -0.05) is 15.9 Å². The van der Waals surface area contributed by atoms with Crippen molar-refractivity contribution < 1.29 is 8.42 Å². The second-order valence-electron chi connectivity index (χ2n) is 3.47. The Morgan fingerprint density at radius 3 is 2.53 bits per heavy atom. The molecule has 0 atom stereocenters. The number of hydrogen-bond donors (Lipinski definition) is 1. The number of anilines is 1. The minimum absolute atomic E-state index is 0.184. The van der Waals surface area contributed by atoms with E-state index in [0.717, 1.165) is 15.1 Å². The van der Waals surface area contributed by atoms with E-state index >= 15 is 0 Å². The van der Waals surface area contributed by atoms with Crippen molar-refractivity contribution in [2.75, 3.05) is 4.72 Å². The van der Waals surface area contributed by atoms with Crippen LogP contribution in [-0.4, -0.2) is 8.42 Å². The van der Waals surface area contributed by atoms with E-state index in [1.807, 2.05) is 6.07 Å². The predicted octanol–water partition coefficient (Wildman–Crippen LogP) is 3.95. The fourth-order valence-electron chi connectivity index (χ4n) is 1.34. The number of thiophene rings is 1. The lowest BCUT2D eigenvalue weighted by Gasteiger charge is -2.08. The fraction of sp³-hybridized carbons (Fsp3) is 0. The van der Waals surface area contributed by atoms with Gasteiger partial charge in [0.15, 0.2) is 0 Å². The van der Waals surface area contributed by atoms with Crippen LogP contribution in [-0.2, 0) is 10.0 Å². The average molecular weight is 422 g/mol. The van der Waals surface area contributed by atoms with Crippen LogP contribution >= 0.6 is 43.2 Å². The molecule has 0 aliphatic rings. The van der Waals surface area contributed by atoms with Gasteiger partial charge in [-0.25, -0.2) is 8.42 Å². The summed E-state index contributed by atoms with van der Waals surface area (Å²) in [6.07, 6.45) is 0. The molecule has 0 fully saturated rings. The average Bonchev–Trinajstić information content (AvgIpc) is 2.76. The van der Waals surface area contributed by atoms with Crippen molar-refractivity contribution in [3.05, 3.63) is 44.2 Å². The summed E-state index contributed by atoms with van der Waals surface area (Å²) in [6, 6.07) is 9.89. The van der Waals surface area contributed by atoms with Crippen LogP contribution in [0.25, 0.3) is 0 Å². The summed E-state index contributed by atoms with van der Waals surface area (Å²) < 4.78 is 28.3. The number of halogens is 2. The summed E-state index contributed by atoms with van der Waals surface area (Å²) >= 11 is 7.56. The van der Waals surface area contributed by atoms with Crippen LogP contribution < -0.4 is 4.72 Å². The maximum Gasteiger partial charge on any atom is 0.271 e. The second kappa shape index (κ2) is 5.63. The van der Waals surface area contributed by atoms with Gasteiger partial charge in [0.05, 0.1) is 15.0 Å². The zero-order valence-corrected chi connectivity index (χ0v) is 14.0. The van der Waals surface area contributed by atoms with Crippen LogP contribution in [0.15, 0.2) is 42.8 Å². The number of nitrogens with zero attached hydrogens (tertiary/aromatic N) is 1. The molecule has 0 unspecified atom stereocenters. The number of nitrogens with one attached hydrogen (secondary N) is 1. The molecule has 2 aromatic rings. The Hall–Kier alpha value is -0.880. The molecule has 0 bridgehead atoms. The quantitative estimate of drug-likeness (QED) is 0.815. The van der Waals surface area contributed by atoms with Gasteiger partial charge in [-0.15, -0.1) is 11.3 Å². The van der Waals surface area contributed by atoms with Crippen molar-refractivity contribution in [2.24, 2.45) is 0 Å². The third kappa shape index (κ3) is 3.36. The van der Waals surface area contributed by atoms with Gasteiger partial charge >= 0.3 is 0 Å². The van der Waals surface area contributed by atoms with Crippen LogP contribution in [0, 0.1) is 11.3 Å². The van der Waals surface area contributed by atoms with Crippen molar-refractivity contribution in [3.8, 4) is 6.07 Å². The van der Waals surface area contributed by atoms with Crippen LogP contribution in [0.3, 0.4) is 0 Å². The van der Waals surface area contributed by atoms with Crippen LogP contribution in [0.5, 0.6) is 0 Å². The highest BCUT2D eigenvalue weighted by Gasteiger charge is 2.18. The summed E-state index contributed by atoms with van der Waals surface area (Å²) in [6.45, 7) is 0. The van der Waals surface area contributed by atoms with Crippen molar-refractivity contribution >= 4 is 58.9 Å². The van der Waals surface area contributed by atoms with Crippen LogP contribution in [0.2, 0.25) is 0 Å². The van der Waals surface area contributed by atoms with E-state index < -0.39 is 10.0 Å². The highest BCUT2D eigenvalue weighted by molar-refractivity contribution is 9.11. The molecule has 0 aliphatic carbocycles. The van der Waals surface area contributed by atoms with Gasteiger partial charge < -0.3 is 0 Å². The standard InChI is InChI=1S/C11H6Br2N2O2S2/c12-8-2-1-7(6-14)9(5-8)15-19(16,17)11-4-3-10(13)18-11/h1-5,15H. The predicted molar refractivity (Wildman–Crippen MR) is 81.7 cm³/mol. The van der Waals surface area contributed by atoms with Gasteiger partial charge in [-0.3, -0.25) is 4.72 Å². The molecule has 0 saturated heterocycles. The van der Waals surface area contributed by atoms with Crippen molar-refractivity contribution in [1.29, 1.82) is 5.26 Å². The molecule has 0 aliphatic heterocycles. The lowest BCUT2D eigenvalue weighted by atomic mass is 10.2. The Balaban J connectivity index is 2.41. The van der Waals surface area contributed by atoms with Gasteiger partial charge in [0.25, 0.3) is 10.0 Å². The van der Waals surface area contributed by atoms with E-state index in [1.165, 1.54) is 6.07 Å². The summed E-state index contributed by atoms with van der Waals surface area (Å²) in [7, 11) is -3.68. The Morgan fingerprint density at radius 2 is 1.95 bits per heavy atom. The largest absolute Gasteiger partial charge is 0.278 e. The minimum Gasteiger partial charge on any atom is -0.278 e. The van der Waals surface area contributed by atoms with Crippen LogP contribution in [0.4, 0.5) is 5.69 Å². The normalized spacial score (nSPS) is 11.0. The zero-order valence-electron chi connectivity index (χ0n) is 9.22. The van der Waals surface area contributed by atoms with E-state index in [0.29, 0.717) is 4.47 Å². The molecule has 1 N–H and O–H groups in total. The molecule has 0 spiro atoms. The van der Waals surface area contributed by atoms with E-state index in [9.17, 15) is 8.42 Å². The highest BCUT2D eigenvalue weighted by atomic mass is 79.9. The lowest BCUT2D eigenvalue weighted by molar-refractivity contribution is 0.603. The molecular weight excluding hydrogens is 416 g/mol. The summed E-state index contributed by atoms with van der Waals surface area (Å²) in [4.78, 5) is 0. The Bertz CT molecular complexity index is 763. The Morgan fingerprint density at radius 1 is 1.21 bits per heavy atom. The monoisotopic (exact) mass is 420 g/mol. The minimum atomic E-state index is -3.68. The van der Waals surface area contributed by atoms with Gasteiger partial charge in [0, 0.05) is 4.47 Å². The first-order chi connectivity index (χ1) is 8.92. The molecule has 19 heavy (non-hydrogen) atoms. The van der Waals surface area contributed by atoms with Gasteiger partial charge in [0.1, 0.15) is 10.3 Å². The first-order valence-electron chi connectivity index (χ1n) is 4.90. The topological polar surface area (TPSA) is 70.0 Å². The molecular formula is C11H6Br2N2O2S2. The molecule has 2 rings (SSSR count). The van der Waals surface area contributed by atoms with Gasteiger partial charge in [-0.05, 0) is 46.3 Å². The second-order valence-corrected chi connectivity index (χ2v) is 8.75. The van der Waals surface area contributed by atoms with E-state index in [-0.39, 0.29) is 15.5 Å². The van der Waals surface area contributed by atoms with Gasteiger partial charge in [0.2, 0.25) is 0 Å². The van der Waals surface area contributed by atoms with E-state index in [2.05, 4.69) is 36.6 Å². The van der Waals surface area contributed by atoms with Crippen molar-refractivity contribution in [2.45, 2.75) is 4.21 Å². The molecule has 0 saturated carbocycles. The zero-order chi connectivity index (χ0) is 14.0. The summed E-state index contributed by atoms with van der Waals surface area (Å²) in [5.41, 5.74) is 0.517. The highest BCUT2D eigenvalue weighted by Crippen LogP contribution is 2.29. The molecule has 0 radical (unpaired) electrons. The van der Waals surface area contributed by atoms with Crippen molar-refractivity contribution in [3.63, 3.8) is 0 Å². The maximum atomic E-state index is 12.1. The number of nitriles is 1. The van der Waals surface area contributed by atoms with E-state index in [1.54, 1.807) is 24.3 Å². The molecule has 1 aromatic carbocycles. The Labute approximate surface area is 131 Å². The number of rotatable bonds is 3. The molecule has 1 aromatic heterocycles. The molecule has 98 valence electrons. The van der Waals surface area contributed by atoms with Gasteiger partial charge in [-0.2, -0.15) is 5.26 Å². The number of benzene rings is 1. The number of sulfonamides is 1. The summed E-state index contributed by atoms with van der Waals surface area (Å²) in [5.74, 6) is 0. The maximum absolute atomic E-state index is 12.1. The third-order valence-corrected chi connectivity index (χ3v) is 6.13.